The van der Waals surface area contributed by atoms with Gasteiger partial charge in [-0.05, 0) is 36.8 Å². The van der Waals surface area contributed by atoms with Crippen LogP contribution in [0.3, 0.4) is 0 Å². The molecule has 0 saturated carbocycles. The minimum Gasteiger partial charge on any atom is -0.480 e. The number of carboxylic acid groups (broad SMARTS) is 1. The van der Waals surface area contributed by atoms with E-state index < -0.39 is 41.8 Å². The van der Waals surface area contributed by atoms with Gasteiger partial charge in [-0.2, -0.15) is 0 Å². The number of nitrogens with one attached hydrogen (secondary N) is 3. The van der Waals surface area contributed by atoms with Crippen molar-refractivity contribution in [2.45, 2.75) is 57.7 Å². The lowest BCUT2D eigenvalue weighted by atomic mass is 10.0. The first kappa shape index (κ1) is 25.2. The molecule has 0 aliphatic carbocycles. The molecular formula is C24H33N5O5. The average molecular weight is 472 g/mol. The number of para-hydroxylation sites is 1. The molecule has 3 rings (SSSR count). The Bertz CT molecular complexity index is 1050. The molecule has 2 aromatic rings. The number of aromatic amines is 1. The van der Waals surface area contributed by atoms with Crippen molar-refractivity contribution in [2.75, 3.05) is 13.1 Å². The summed E-state index contributed by atoms with van der Waals surface area (Å²) < 4.78 is 0. The van der Waals surface area contributed by atoms with Crippen LogP contribution < -0.4 is 16.4 Å². The second-order valence-electron chi connectivity index (χ2n) is 9.16. The van der Waals surface area contributed by atoms with Gasteiger partial charge in [-0.1, -0.05) is 32.0 Å². The molecular weight excluding hydrogens is 438 g/mol. The van der Waals surface area contributed by atoms with Crippen LogP contribution >= 0.6 is 0 Å². The van der Waals surface area contributed by atoms with Gasteiger partial charge in [0, 0.05) is 30.1 Å². The Balaban J connectivity index is 1.71. The highest BCUT2D eigenvalue weighted by molar-refractivity contribution is 5.93. The van der Waals surface area contributed by atoms with Gasteiger partial charge in [0.25, 0.3) is 0 Å². The molecule has 6 N–H and O–H groups in total. The van der Waals surface area contributed by atoms with E-state index in [1.807, 2.05) is 38.1 Å². The SMILES string of the molecule is CC(C)CC(N)C(=O)NC(Cc1c[nH]c2ccccc12)C(=O)NCC(=O)N1CCCC1C(=O)O. The molecule has 1 saturated heterocycles. The van der Waals surface area contributed by atoms with Crippen LogP contribution in [0.4, 0.5) is 0 Å². The molecule has 1 aromatic heterocycles. The molecule has 1 fully saturated rings. The van der Waals surface area contributed by atoms with Crippen LogP contribution in [-0.4, -0.2) is 69.9 Å². The van der Waals surface area contributed by atoms with Gasteiger partial charge >= 0.3 is 5.97 Å². The highest BCUT2D eigenvalue weighted by atomic mass is 16.4. The predicted molar refractivity (Wildman–Crippen MR) is 127 cm³/mol. The summed E-state index contributed by atoms with van der Waals surface area (Å²) in [5.74, 6) is -2.28. The van der Waals surface area contributed by atoms with Crippen LogP contribution in [0.1, 0.15) is 38.7 Å². The lowest BCUT2D eigenvalue weighted by Gasteiger charge is -2.24. The summed E-state index contributed by atoms with van der Waals surface area (Å²) in [6.45, 7) is 3.90. The van der Waals surface area contributed by atoms with Gasteiger partial charge < -0.3 is 31.4 Å². The van der Waals surface area contributed by atoms with Gasteiger partial charge in [-0.25, -0.2) is 4.79 Å². The first-order valence-corrected chi connectivity index (χ1v) is 11.6. The lowest BCUT2D eigenvalue weighted by molar-refractivity contribution is -0.148. The zero-order valence-electron chi connectivity index (χ0n) is 19.5. The molecule has 1 aliphatic rings. The Kier molecular flexibility index (Phi) is 8.27. The van der Waals surface area contributed by atoms with Gasteiger partial charge in [0.2, 0.25) is 17.7 Å². The van der Waals surface area contributed by atoms with Gasteiger partial charge in [0.1, 0.15) is 12.1 Å². The van der Waals surface area contributed by atoms with Gasteiger partial charge in [0.15, 0.2) is 0 Å². The summed E-state index contributed by atoms with van der Waals surface area (Å²) in [4.78, 5) is 54.1. The van der Waals surface area contributed by atoms with Gasteiger partial charge in [-0.3, -0.25) is 14.4 Å². The molecule has 3 atom stereocenters. The largest absolute Gasteiger partial charge is 0.480 e. The average Bonchev–Trinajstić information content (AvgIpc) is 3.44. The van der Waals surface area contributed by atoms with E-state index in [-0.39, 0.29) is 18.9 Å². The normalized spacial score (nSPS) is 17.5. The smallest absolute Gasteiger partial charge is 0.326 e. The zero-order valence-corrected chi connectivity index (χ0v) is 19.5. The van der Waals surface area contributed by atoms with Crippen LogP contribution in [0, 0.1) is 5.92 Å². The van der Waals surface area contributed by atoms with E-state index in [9.17, 15) is 24.3 Å². The number of hydrogen-bond donors (Lipinski definition) is 5. The van der Waals surface area contributed by atoms with Crippen molar-refractivity contribution in [3.63, 3.8) is 0 Å². The number of fused-ring (bicyclic) bond motifs is 1. The number of carboxylic acids is 1. The number of aliphatic carboxylic acids is 1. The number of nitrogens with two attached hydrogens (primary N) is 1. The second kappa shape index (κ2) is 11.1. The number of aromatic nitrogens is 1. The number of carbonyl (C=O) groups is 4. The summed E-state index contributed by atoms with van der Waals surface area (Å²) in [6, 6.07) is 5.03. The topological polar surface area (TPSA) is 158 Å². The van der Waals surface area contributed by atoms with Crippen LogP contribution in [0.5, 0.6) is 0 Å². The minimum absolute atomic E-state index is 0.200. The van der Waals surface area contributed by atoms with Crippen molar-refractivity contribution in [1.82, 2.24) is 20.5 Å². The molecule has 10 nitrogen and oxygen atoms in total. The first-order chi connectivity index (χ1) is 16.2. The molecule has 0 spiro atoms. The van der Waals surface area contributed by atoms with Crippen molar-refractivity contribution in [2.24, 2.45) is 11.7 Å². The number of H-pyrrole nitrogens is 1. The molecule has 2 heterocycles. The third-order valence-electron chi connectivity index (χ3n) is 6.07. The first-order valence-electron chi connectivity index (χ1n) is 11.6. The Labute approximate surface area is 198 Å². The number of amides is 3. The van der Waals surface area contributed by atoms with Crippen LogP contribution in [0.2, 0.25) is 0 Å². The van der Waals surface area contributed by atoms with E-state index >= 15 is 0 Å². The predicted octanol–water partition coefficient (Wildman–Crippen LogP) is 0.760. The van der Waals surface area contributed by atoms with E-state index in [4.69, 9.17) is 5.73 Å². The molecule has 0 bridgehead atoms. The van der Waals surface area contributed by atoms with Crippen molar-refractivity contribution in [1.29, 1.82) is 0 Å². The van der Waals surface area contributed by atoms with Crippen molar-refractivity contribution >= 4 is 34.6 Å². The monoisotopic (exact) mass is 471 g/mol. The number of likely N-dealkylation sites (tertiary alicyclic amines) is 1. The molecule has 1 aliphatic heterocycles. The molecule has 3 unspecified atom stereocenters. The van der Waals surface area contributed by atoms with Crippen molar-refractivity contribution in [3.05, 3.63) is 36.0 Å². The third-order valence-corrected chi connectivity index (χ3v) is 6.07. The molecule has 1 aromatic carbocycles. The summed E-state index contributed by atoms with van der Waals surface area (Å²) in [5.41, 5.74) is 7.76. The number of nitrogens with zero attached hydrogens (tertiary/aromatic N) is 1. The fourth-order valence-electron chi connectivity index (χ4n) is 4.33. The quantitative estimate of drug-likeness (QED) is 0.344. The Morgan fingerprint density at radius 2 is 1.94 bits per heavy atom. The molecule has 0 radical (unpaired) electrons. The Hall–Kier alpha value is -3.40. The Morgan fingerprint density at radius 1 is 1.21 bits per heavy atom. The molecule has 34 heavy (non-hydrogen) atoms. The fraction of sp³-hybridized carbons (Fsp3) is 0.500. The maximum absolute atomic E-state index is 13.1. The summed E-state index contributed by atoms with van der Waals surface area (Å²) in [6.07, 6.45) is 3.45. The molecule has 10 heteroatoms. The fourth-order valence-corrected chi connectivity index (χ4v) is 4.33. The van der Waals surface area contributed by atoms with E-state index in [2.05, 4.69) is 15.6 Å². The van der Waals surface area contributed by atoms with Crippen LogP contribution in [-0.2, 0) is 25.6 Å². The number of benzene rings is 1. The van der Waals surface area contributed by atoms with Crippen molar-refractivity contribution < 1.29 is 24.3 Å². The standard InChI is InChI=1S/C24H33N5O5/c1-14(2)10-17(25)22(31)28-19(11-15-12-26-18-7-4-3-6-16(15)18)23(32)27-13-21(30)29-9-5-8-20(29)24(33)34/h3-4,6-7,12,14,17,19-20,26H,5,8-11,13,25H2,1-2H3,(H,27,32)(H,28,31)(H,33,34). The molecule has 184 valence electrons. The van der Waals surface area contributed by atoms with Crippen LogP contribution in [0.25, 0.3) is 10.9 Å². The van der Waals surface area contributed by atoms with Crippen molar-refractivity contribution in [3.8, 4) is 0 Å². The van der Waals surface area contributed by atoms with Gasteiger partial charge in [-0.15, -0.1) is 0 Å². The maximum Gasteiger partial charge on any atom is 0.326 e. The highest BCUT2D eigenvalue weighted by Gasteiger charge is 2.34. The lowest BCUT2D eigenvalue weighted by Crippen LogP contribution is -2.54. The van der Waals surface area contributed by atoms with Gasteiger partial charge in [0.05, 0.1) is 12.6 Å². The minimum atomic E-state index is -1.05. The van der Waals surface area contributed by atoms with E-state index in [1.165, 1.54) is 4.90 Å². The van der Waals surface area contributed by atoms with Crippen LogP contribution in [0.15, 0.2) is 30.5 Å². The molecule has 3 amide bonds. The third kappa shape index (κ3) is 6.13. The number of carbonyl (C=O) groups excluding carboxylic acids is 3. The number of rotatable bonds is 10. The van der Waals surface area contributed by atoms with E-state index in [0.29, 0.717) is 25.8 Å². The summed E-state index contributed by atoms with van der Waals surface area (Å²) in [5, 5.41) is 15.5. The van der Waals surface area contributed by atoms with E-state index in [1.54, 1.807) is 6.20 Å². The zero-order chi connectivity index (χ0) is 24.8. The maximum atomic E-state index is 13.1. The summed E-state index contributed by atoms with van der Waals surface area (Å²) >= 11 is 0. The second-order valence-corrected chi connectivity index (χ2v) is 9.16. The summed E-state index contributed by atoms with van der Waals surface area (Å²) in [7, 11) is 0. The Morgan fingerprint density at radius 3 is 2.65 bits per heavy atom. The number of hydrogen-bond acceptors (Lipinski definition) is 5. The van der Waals surface area contributed by atoms with E-state index in [0.717, 1.165) is 16.5 Å². The highest BCUT2D eigenvalue weighted by Crippen LogP contribution is 2.20.